The van der Waals surface area contributed by atoms with Gasteiger partial charge in [-0.1, -0.05) is 0 Å². The van der Waals surface area contributed by atoms with Crippen LogP contribution in [0.2, 0.25) is 0 Å². The van der Waals surface area contributed by atoms with Crippen molar-refractivity contribution in [2.24, 2.45) is 0 Å². The molecule has 0 unspecified atom stereocenters. The summed E-state index contributed by atoms with van der Waals surface area (Å²) in [4.78, 5) is 10.5. The summed E-state index contributed by atoms with van der Waals surface area (Å²) in [6.45, 7) is 1.10. The van der Waals surface area contributed by atoms with Crippen LogP contribution in [0.3, 0.4) is 0 Å². The van der Waals surface area contributed by atoms with Gasteiger partial charge in [0.05, 0.1) is 6.10 Å². The Balaban J connectivity index is 2.03. The Morgan fingerprint density at radius 1 is 1.39 bits per heavy atom. The second-order valence-electron chi connectivity index (χ2n) is 4.06. The van der Waals surface area contributed by atoms with Crippen LogP contribution in [0.1, 0.15) is 0 Å². The quantitative estimate of drug-likeness (QED) is 0.822. The van der Waals surface area contributed by atoms with E-state index in [0.717, 1.165) is 0 Å². The molecule has 3 N–H and O–H groups in total. The minimum Gasteiger partial charge on any atom is -0.389 e. The molecule has 0 aliphatic carbocycles. The Kier molecular flexibility index (Phi) is 2.67. The van der Waals surface area contributed by atoms with Crippen molar-refractivity contribution in [3.05, 3.63) is 22.9 Å². The van der Waals surface area contributed by atoms with Crippen LogP contribution in [0, 0.1) is 0 Å². The van der Waals surface area contributed by atoms with E-state index in [-0.39, 0.29) is 6.10 Å². The predicted molar refractivity (Wildman–Crippen MR) is 69.5 cm³/mol. The lowest BCUT2D eigenvalue weighted by molar-refractivity contribution is 0.141. The van der Waals surface area contributed by atoms with Gasteiger partial charge in [0.25, 0.3) is 5.95 Å². The number of β-amino-alcohol motifs (C(OH)–C–C–N with tert-alkyl or cyclic N) is 1. The largest absolute Gasteiger partial charge is 0.389 e. The fraction of sp³-hybridized carbons (Fsp3) is 0.300. The number of anilines is 2. The first-order chi connectivity index (χ1) is 8.65. The molecule has 2 aromatic rings. The standard InChI is InChI=1S/C10H11BrN6O/c11-7-8(12)14-10(17-3-1-2-13-17)15-9(7)16-4-6(18)5-16/h1-3,6,18H,4-5H2,(H2,12,14,15). The zero-order valence-corrected chi connectivity index (χ0v) is 10.9. The first-order valence-corrected chi connectivity index (χ1v) is 6.20. The van der Waals surface area contributed by atoms with E-state index >= 15 is 0 Å². The Bertz CT molecular complexity index is 566. The molecule has 8 heteroatoms. The number of rotatable bonds is 2. The summed E-state index contributed by atoms with van der Waals surface area (Å²) in [6.07, 6.45) is 3.09. The monoisotopic (exact) mass is 310 g/mol. The van der Waals surface area contributed by atoms with Crippen molar-refractivity contribution in [3.8, 4) is 5.95 Å². The Morgan fingerprint density at radius 3 is 2.78 bits per heavy atom. The van der Waals surface area contributed by atoms with E-state index in [1.54, 1.807) is 23.1 Å². The average molecular weight is 311 g/mol. The first kappa shape index (κ1) is 11.4. The molecule has 0 atom stereocenters. The number of nitrogens with two attached hydrogens (primary N) is 1. The molecule has 1 aliphatic rings. The summed E-state index contributed by atoms with van der Waals surface area (Å²) in [5.74, 6) is 1.45. The third kappa shape index (κ3) is 1.83. The van der Waals surface area contributed by atoms with Gasteiger partial charge in [0.2, 0.25) is 0 Å². The molecule has 3 rings (SSSR count). The highest BCUT2D eigenvalue weighted by Crippen LogP contribution is 2.31. The highest BCUT2D eigenvalue weighted by Gasteiger charge is 2.28. The van der Waals surface area contributed by atoms with Crippen LogP contribution in [0.4, 0.5) is 11.6 Å². The van der Waals surface area contributed by atoms with Crippen LogP contribution in [0.25, 0.3) is 5.95 Å². The summed E-state index contributed by atoms with van der Waals surface area (Å²) in [5.41, 5.74) is 5.85. The maximum atomic E-state index is 9.34. The second-order valence-corrected chi connectivity index (χ2v) is 4.85. The van der Waals surface area contributed by atoms with Crippen molar-refractivity contribution in [3.63, 3.8) is 0 Å². The zero-order valence-electron chi connectivity index (χ0n) is 9.36. The van der Waals surface area contributed by atoms with E-state index < -0.39 is 0 Å². The van der Waals surface area contributed by atoms with Crippen molar-refractivity contribution in [1.29, 1.82) is 0 Å². The van der Waals surface area contributed by atoms with Crippen LogP contribution in [-0.2, 0) is 0 Å². The van der Waals surface area contributed by atoms with E-state index in [9.17, 15) is 5.11 Å². The maximum Gasteiger partial charge on any atom is 0.254 e. The summed E-state index contributed by atoms with van der Waals surface area (Å²) in [6, 6.07) is 1.79. The smallest absolute Gasteiger partial charge is 0.254 e. The molecule has 0 saturated carbocycles. The molecule has 2 aromatic heterocycles. The molecule has 1 fully saturated rings. The summed E-state index contributed by atoms with van der Waals surface area (Å²) in [5, 5.41) is 13.4. The first-order valence-electron chi connectivity index (χ1n) is 5.41. The number of halogens is 1. The minimum atomic E-state index is -0.304. The molecule has 0 bridgehead atoms. The topological polar surface area (TPSA) is 93.1 Å². The second kappa shape index (κ2) is 4.21. The van der Waals surface area contributed by atoms with E-state index in [1.807, 2.05) is 4.90 Å². The lowest BCUT2D eigenvalue weighted by Gasteiger charge is -2.37. The number of aliphatic hydroxyl groups is 1. The number of aliphatic hydroxyl groups excluding tert-OH is 1. The number of hydrogen-bond acceptors (Lipinski definition) is 6. The van der Waals surface area contributed by atoms with Gasteiger partial charge in [0.1, 0.15) is 10.3 Å². The number of hydrogen-bond donors (Lipinski definition) is 2. The Hall–Kier alpha value is -1.67. The highest BCUT2D eigenvalue weighted by molar-refractivity contribution is 9.10. The van der Waals surface area contributed by atoms with Gasteiger partial charge in [-0.2, -0.15) is 15.1 Å². The maximum absolute atomic E-state index is 9.34. The molecule has 0 aromatic carbocycles. The zero-order chi connectivity index (χ0) is 12.7. The molecule has 94 valence electrons. The highest BCUT2D eigenvalue weighted by atomic mass is 79.9. The molecule has 0 radical (unpaired) electrons. The molecule has 18 heavy (non-hydrogen) atoms. The van der Waals surface area contributed by atoms with Crippen molar-refractivity contribution in [1.82, 2.24) is 19.7 Å². The Morgan fingerprint density at radius 2 is 2.17 bits per heavy atom. The number of nitrogen functional groups attached to an aromatic ring is 1. The fourth-order valence-corrected chi connectivity index (χ4v) is 2.20. The van der Waals surface area contributed by atoms with Crippen LogP contribution < -0.4 is 10.6 Å². The van der Waals surface area contributed by atoms with Gasteiger partial charge in [-0.3, -0.25) is 0 Å². The molecule has 0 amide bonds. The molecule has 1 aliphatic heterocycles. The third-order valence-corrected chi connectivity index (χ3v) is 3.48. The molecule has 1 saturated heterocycles. The van der Waals surface area contributed by atoms with Crippen molar-refractivity contribution in [2.75, 3.05) is 23.7 Å². The number of nitrogens with zero attached hydrogens (tertiary/aromatic N) is 5. The molecular weight excluding hydrogens is 300 g/mol. The summed E-state index contributed by atoms with van der Waals surface area (Å²) >= 11 is 3.37. The van der Waals surface area contributed by atoms with E-state index in [1.165, 1.54) is 0 Å². The third-order valence-electron chi connectivity index (χ3n) is 2.72. The van der Waals surface area contributed by atoms with Gasteiger partial charge in [-0.05, 0) is 22.0 Å². The fourth-order valence-electron chi connectivity index (χ4n) is 1.77. The van der Waals surface area contributed by atoms with E-state index in [4.69, 9.17) is 5.73 Å². The Labute approximate surface area is 111 Å². The SMILES string of the molecule is Nc1nc(-n2cccn2)nc(N2CC(O)C2)c1Br. The molecule has 0 spiro atoms. The van der Waals surface area contributed by atoms with Crippen LogP contribution in [-0.4, -0.2) is 44.0 Å². The van der Waals surface area contributed by atoms with Gasteiger partial charge >= 0.3 is 0 Å². The van der Waals surface area contributed by atoms with Gasteiger partial charge in [-0.15, -0.1) is 0 Å². The summed E-state index contributed by atoms with van der Waals surface area (Å²) in [7, 11) is 0. The lowest BCUT2D eigenvalue weighted by Crippen LogP contribution is -2.51. The minimum absolute atomic E-state index is 0.304. The van der Waals surface area contributed by atoms with Gasteiger partial charge < -0.3 is 15.7 Å². The average Bonchev–Trinajstić information content (AvgIpc) is 2.82. The normalized spacial score (nSPS) is 15.8. The van der Waals surface area contributed by atoms with E-state index in [0.29, 0.717) is 35.1 Å². The molecule has 3 heterocycles. The van der Waals surface area contributed by atoms with Gasteiger partial charge in [0, 0.05) is 25.5 Å². The van der Waals surface area contributed by atoms with Crippen molar-refractivity contribution in [2.45, 2.75) is 6.10 Å². The predicted octanol–water partition coefficient (Wildman–Crippen LogP) is 0.188. The van der Waals surface area contributed by atoms with Crippen LogP contribution in [0.15, 0.2) is 22.9 Å². The molecule has 7 nitrogen and oxygen atoms in total. The van der Waals surface area contributed by atoms with Crippen LogP contribution >= 0.6 is 15.9 Å². The van der Waals surface area contributed by atoms with Crippen molar-refractivity contribution >= 4 is 27.6 Å². The lowest BCUT2D eigenvalue weighted by atomic mass is 10.2. The number of aromatic nitrogens is 4. The molecular formula is C10H11BrN6O. The van der Waals surface area contributed by atoms with Crippen LogP contribution in [0.5, 0.6) is 0 Å². The summed E-state index contributed by atoms with van der Waals surface area (Å²) < 4.78 is 2.19. The van der Waals surface area contributed by atoms with E-state index in [2.05, 4.69) is 31.0 Å². The van der Waals surface area contributed by atoms with Gasteiger partial charge in [-0.25, -0.2) is 4.68 Å². The van der Waals surface area contributed by atoms with Crippen molar-refractivity contribution < 1.29 is 5.11 Å². The van der Waals surface area contributed by atoms with Gasteiger partial charge in [0.15, 0.2) is 5.82 Å².